The van der Waals surface area contributed by atoms with Crippen LogP contribution >= 0.6 is 0 Å². The number of carbonyl (C=O) groups excluding carboxylic acids is 3. The minimum absolute atomic E-state index is 0.0873. The van der Waals surface area contributed by atoms with Gasteiger partial charge < -0.3 is 14.2 Å². The summed E-state index contributed by atoms with van der Waals surface area (Å²) in [5, 5.41) is 0. The molecule has 69 heavy (non-hydrogen) atoms. The van der Waals surface area contributed by atoms with Gasteiger partial charge in [-0.2, -0.15) is 0 Å². The highest BCUT2D eigenvalue weighted by Crippen LogP contribution is 2.13. The fourth-order valence-corrected chi connectivity index (χ4v) is 7.07. The minimum atomic E-state index is -0.845. The summed E-state index contributed by atoms with van der Waals surface area (Å²) in [7, 11) is 0. The van der Waals surface area contributed by atoms with Crippen LogP contribution in [-0.2, 0) is 28.6 Å². The molecule has 0 aromatic carbocycles. The normalized spacial score (nSPS) is 13.1. The van der Waals surface area contributed by atoms with Gasteiger partial charge >= 0.3 is 17.9 Å². The fourth-order valence-electron chi connectivity index (χ4n) is 7.07. The summed E-state index contributed by atoms with van der Waals surface area (Å²) in [6.07, 6.45) is 78.9. The summed E-state index contributed by atoms with van der Waals surface area (Å²) in [5.41, 5.74) is 0. The molecule has 0 rings (SSSR count). The van der Waals surface area contributed by atoms with Gasteiger partial charge in [-0.3, -0.25) is 14.4 Å². The number of hydrogen-bond donors (Lipinski definition) is 0. The van der Waals surface area contributed by atoms with Gasteiger partial charge in [0.1, 0.15) is 13.2 Å². The molecule has 1 atom stereocenters. The summed E-state index contributed by atoms with van der Waals surface area (Å²) in [6.45, 7) is 6.28. The van der Waals surface area contributed by atoms with Gasteiger partial charge in [-0.25, -0.2) is 0 Å². The minimum Gasteiger partial charge on any atom is -0.462 e. The quantitative estimate of drug-likeness (QED) is 0.0262. The Morgan fingerprint density at radius 3 is 0.971 bits per heavy atom. The Bertz CT molecular complexity index is 1510. The molecule has 1 unspecified atom stereocenters. The molecule has 0 saturated carbocycles. The van der Waals surface area contributed by atoms with Crippen molar-refractivity contribution in [3.8, 4) is 0 Å². The van der Waals surface area contributed by atoms with Crippen molar-refractivity contribution in [2.45, 2.75) is 232 Å². The third-order valence-corrected chi connectivity index (χ3v) is 11.2. The lowest BCUT2D eigenvalue weighted by atomic mass is 10.1. The lowest BCUT2D eigenvalue weighted by molar-refractivity contribution is -0.166. The highest BCUT2D eigenvalue weighted by molar-refractivity contribution is 5.72. The summed E-state index contributed by atoms with van der Waals surface area (Å²) >= 11 is 0. The first kappa shape index (κ1) is 64.5. The van der Waals surface area contributed by atoms with Crippen molar-refractivity contribution in [2.24, 2.45) is 0 Å². The second-order valence-electron chi connectivity index (χ2n) is 17.7. The number of ether oxygens (including phenoxy) is 3. The van der Waals surface area contributed by atoms with E-state index in [-0.39, 0.29) is 31.6 Å². The van der Waals surface area contributed by atoms with Crippen LogP contribution in [0.2, 0.25) is 0 Å². The van der Waals surface area contributed by atoms with E-state index >= 15 is 0 Å². The number of esters is 3. The SMILES string of the molecule is CC/C=C\C/C=C\C/C=C\C/C=C\C/C=C\CCCCCCCCCC(=O)OCC(COC(=O)CCCCCCC/C=C\CCCCCC)OC(=O)C/C=C\C/C=C\C/C=C\C/C=C\C/C=C\CC. The van der Waals surface area contributed by atoms with Crippen LogP contribution in [0.4, 0.5) is 0 Å². The summed E-state index contributed by atoms with van der Waals surface area (Å²) in [6, 6.07) is 0. The molecule has 388 valence electrons. The molecular weight excluding hydrogens is 853 g/mol. The largest absolute Gasteiger partial charge is 0.462 e. The van der Waals surface area contributed by atoms with Gasteiger partial charge in [0.2, 0.25) is 0 Å². The summed E-state index contributed by atoms with van der Waals surface area (Å²) in [4.78, 5) is 38.0. The van der Waals surface area contributed by atoms with E-state index < -0.39 is 12.1 Å². The van der Waals surface area contributed by atoms with Crippen LogP contribution in [-0.4, -0.2) is 37.2 Å². The molecule has 0 aromatic heterocycles. The standard InChI is InChI=1S/C63H100O6/c1-4-7-10-13-16-19-22-25-27-28-29-30-31-32-33-34-36-38-41-44-47-50-53-56-62(65)68-59-60(58-67-61(64)55-52-49-46-43-40-37-24-21-18-15-12-9-6-3)69-63(66)57-54-51-48-45-42-39-35-26-23-20-17-14-11-8-5-2/h7-8,10-11,16-17,19-21,24-27,29-30,32-33,35,42,45,51,54,60H,4-6,9,12-15,18,22-23,28,31,34,36-41,43-44,46-50,52-53,55-59H2,1-3H3/b10-7-,11-8-,19-16-,20-17-,24-21-,27-25-,30-29-,33-32-,35-26-,45-42-,54-51-. The molecular formula is C63H100O6. The third kappa shape index (κ3) is 54.4. The van der Waals surface area contributed by atoms with Crippen molar-refractivity contribution in [3.63, 3.8) is 0 Å². The molecule has 0 aromatic rings. The Labute approximate surface area is 424 Å². The van der Waals surface area contributed by atoms with Crippen molar-refractivity contribution in [1.29, 1.82) is 0 Å². The maximum Gasteiger partial charge on any atom is 0.310 e. The van der Waals surface area contributed by atoms with Crippen molar-refractivity contribution in [1.82, 2.24) is 0 Å². The maximum absolute atomic E-state index is 12.8. The molecule has 6 heteroatoms. The lowest BCUT2D eigenvalue weighted by Crippen LogP contribution is -2.30. The number of allylic oxidation sites excluding steroid dienone is 21. The van der Waals surface area contributed by atoms with Gasteiger partial charge in [0.25, 0.3) is 0 Å². The first-order chi connectivity index (χ1) is 34.0. The van der Waals surface area contributed by atoms with E-state index in [1.807, 2.05) is 6.08 Å². The van der Waals surface area contributed by atoms with Gasteiger partial charge in [-0.05, 0) is 116 Å². The number of carbonyl (C=O) groups is 3. The van der Waals surface area contributed by atoms with E-state index in [1.54, 1.807) is 6.08 Å². The van der Waals surface area contributed by atoms with Gasteiger partial charge in [-0.15, -0.1) is 0 Å². The van der Waals surface area contributed by atoms with Crippen LogP contribution in [0.25, 0.3) is 0 Å². The molecule has 0 spiro atoms. The molecule has 6 nitrogen and oxygen atoms in total. The average molecular weight is 953 g/mol. The summed E-state index contributed by atoms with van der Waals surface area (Å²) < 4.78 is 16.7. The van der Waals surface area contributed by atoms with Crippen molar-refractivity contribution in [3.05, 3.63) is 134 Å². The molecule has 0 aliphatic heterocycles. The van der Waals surface area contributed by atoms with Crippen LogP contribution in [0.5, 0.6) is 0 Å². The molecule has 0 fully saturated rings. The predicted octanol–water partition coefficient (Wildman–Crippen LogP) is 18.6. The topological polar surface area (TPSA) is 78.9 Å². The molecule has 0 aliphatic rings. The van der Waals surface area contributed by atoms with E-state index in [9.17, 15) is 14.4 Å². The molecule has 0 heterocycles. The van der Waals surface area contributed by atoms with Crippen LogP contribution < -0.4 is 0 Å². The third-order valence-electron chi connectivity index (χ3n) is 11.2. The van der Waals surface area contributed by atoms with Gasteiger partial charge in [0.15, 0.2) is 6.10 Å². The molecule has 0 aliphatic carbocycles. The van der Waals surface area contributed by atoms with E-state index in [0.29, 0.717) is 19.3 Å². The lowest BCUT2D eigenvalue weighted by Gasteiger charge is -2.18. The van der Waals surface area contributed by atoms with E-state index in [0.717, 1.165) is 116 Å². The number of hydrogen-bond acceptors (Lipinski definition) is 6. The van der Waals surface area contributed by atoms with E-state index in [1.165, 1.54) is 64.2 Å². The van der Waals surface area contributed by atoms with Crippen LogP contribution in [0.3, 0.4) is 0 Å². The summed E-state index contributed by atoms with van der Waals surface area (Å²) in [5.74, 6) is -1.09. The number of unbranched alkanes of at least 4 members (excludes halogenated alkanes) is 16. The van der Waals surface area contributed by atoms with Crippen molar-refractivity contribution < 1.29 is 28.6 Å². The molecule has 0 saturated heterocycles. The monoisotopic (exact) mass is 953 g/mol. The average Bonchev–Trinajstić information content (AvgIpc) is 3.35. The van der Waals surface area contributed by atoms with Crippen LogP contribution in [0, 0.1) is 0 Å². The smallest absolute Gasteiger partial charge is 0.310 e. The second-order valence-corrected chi connectivity index (χ2v) is 17.7. The Kier molecular flexibility index (Phi) is 52.5. The zero-order valence-electron chi connectivity index (χ0n) is 44.3. The molecule has 0 bridgehead atoms. The van der Waals surface area contributed by atoms with E-state index in [2.05, 4.69) is 142 Å². The van der Waals surface area contributed by atoms with Crippen molar-refractivity contribution >= 4 is 17.9 Å². The number of rotatable bonds is 48. The maximum atomic E-state index is 12.8. The zero-order chi connectivity index (χ0) is 50.0. The second kappa shape index (κ2) is 56.1. The molecule has 0 N–H and O–H groups in total. The van der Waals surface area contributed by atoms with Gasteiger partial charge in [-0.1, -0.05) is 225 Å². The highest BCUT2D eigenvalue weighted by atomic mass is 16.6. The molecule has 0 amide bonds. The van der Waals surface area contributed by atoms with Gasteiger partial charge in [0.05, 0.1) is 6.42 Å². The fraction of sp³-hybridized carbons (Fsp3) is 0.603. The predicted molar refractivity (Wildman–Crippen MR) is 297 cm³/mol. The Balaban J connectivity index is 4.49. The first-order valence-corrected chi connectivity index (χ1v) is 27.7. The van der Waals surface area contributed by atoms with Crippen LogP contribution in [0.15, 0.2) is 134 Å². The Morgan fingerprint density at radius 2 is 0.609 bits per heavy atom. The Morgan fingerprint density at radius 1 is 0.319 bits per heavy atom. The van der Waals surface area contributed by atoms with Gasteiger partial charge in [0, 0.05) is 12.8 Å². The molecule has 0 radical (unpaired) electrons. The van der Waals surface area contributed by atoms with Crippen molar-refractivity contribution in [2.75, 3.05) is 13.2 Å². The highest BCUT2D eigenvalue weighted by Gasteiger charge is 2.19. The Hall–Kier alpha value is -4.45. The zero-order valence-corrected chi connectivity index (χ0v) is 44.3. The van der Waals surface area contributed by atoms with Crippen LogP contribution in [0.1, 0.15) is 226 Å². The van der Waals surface area contributed by atoms with E-state index in [4.69, 9.17) is 14.2 Å². The first-order valence-electron chi connectivity index (χ1n) is 27.7.